The Bertz CT molecular complexity index is 733. The van der Waals surface area contributed by atoms with Gasteiger partial charge in [-0.25, -0.2) is 0 Å². The van der Waals surface area contributed by atoms with Crippen molar-refractivity contribution in [2.75, 3.05) is 6.54 Å². The van der Waals surface area contributed by atoms with Crippen LogP contribution in [0.4, 0.5) is 0 Å². The van der Waals surface area contributed by atoms with Gasteiger partial charge in [0, 0.05) is 13.0 Å². The maximum Gasteiger partial charge on any atom is 0.325 e. The first kappa shape index (κ1) is 23.7. The van der Waals surface area contributed by atoms with Crippen molar-refractivity contribution in [3.8, 4) is 5.75 Å². The highest BCUT2D eigenvalue weighted by molar-refractivity contribution is 5.91. The van der Waals surface area contributed by atoms with E-state index in [1.807, 2.05) is 0 Å². The lowest BCUT2D eigenvalue weighted by molar-refractivity contribution is -0.141. The first-order valence-corrected chi connectivity index (χ1v) is 9.02. The summed E-state index contributed by atoms with van der Waals surface area (Å²) in [5.41, 5.74) is 17.0. The maximum atomic E-state index is 12.5. The van der Waals surface area contributed by atoms with Crippen LogP contribution < -0.4 is 27.8 Å². The third-order valence-electron chi connectivity index (χ3n) is 4.04. The van der Waals surface area contributed by atoms with Crippen molar-refractivity contribution in [3.05, 3.63) is 29.8 Å². The number of phenols is 1. The van der Waals surface area contributed by atoms with E-state index in [9.17, 15) is 19.5 Å². The highest BCUT2D eigenvalue weighted by Gasteiger charge is 2.26. The van der Waals surface area contributed by atoms with Gasteiger partial charge in [0.1, 0.15) is 17.8 Å². The topological polar surface area (TPSA) is 206 Å². The second kappa shape index (κ2) is 11.5. The summed E-state index contributed by atoms with van der Waals surface area (Å²) in [4.78, 5) is 39.7. The van der Waals surface area contributed by atoms with Gasteiger partial charge < -0.3 is 38.0 Å². The van der Waals surface area contributed by atoms with E-state index in [1.54, 1.807) is 12.1 Å². The van der Waals surface area contributed by atoms with Gasteiger partial charge in [0.05, 0.1) is 6.04 Å². The summed E-state index contributed by atoms with van der Waals surface area (Å²) in [6.07, 6.45) is 0.851. The molecule has 2 amide bonds. The number of carbonyl (C=O) groups is 3. The number of carboxylic acids is 1. The van der Waals surface area contributed by atoms with Crippen LogP contribution in [0.3, 0.4) is 0 Å². The predicted molar refractivity (Wildman–Crippen MR) is 107 cm³/mol. The fourth-order valence-corrected chi connectivity index (χ4v) is 2.38. The number of carbonyl (C=O) groups excluding carboxylic acids is 2. The van der Waals surface area contributed by atoms with Crippen LogP contribution in [-0.4, -0.2) is 58.6 Å². The number of aromatic hydroxyl groups is 1. The molecule has 160 valence electrons. The lowest BCUT2D eigenvalue weighted by atomic mass is 10.0. The Balaban J connectivity index is 2.79. The summed E-state index contributed by atoms with van der Waals surface area (Å²) in [7, 11) is 0. The summed E-state index contributed by atoms with van der Waals surface area (Å²) in [6, 6.07) is 3.02. The Morgan fingerprint density at radius 2 is 1.72 bits per heavy atom. The molecule has 0 aromatic heterocycles. The third kappa shape index (κ3) is 8.93. The largest absolute Gasteiger partial charge is 0.508 e. The standard InChI is InChI=1S/C18H28N6O5/c1-10(17(28)29)23-16(27)14(9-11-4-6-12(25)7-5-11)24-15(26)13(19)3-2-8-22-18(20)21/h4-7,10,13-14,25H,2-3,8-9,19H2,1H3,(H,23,27)(H,24,26)(H,28,29)(H4,20,21,22). The monoisotopic (exact) mass is 408 g/mol. The number of benzene rings is 1. The number of nitrogens with two attached hydrogens (primary N) is 3. The molecule has 0 saturated heterocycles. The van der Waals surface area contributed by atoms with Gasteiger partial charge in [-0.1, -0.05) is 12.1 Å². The van der Waals surface area contributed by atoms with Crippen molar-refractivity contribution >= 4 is 23.7 Å². The molecule has 1 aromatic carbocycles. The van der Waals surface area contributed by atoms with Gasteiger partial charge in [-0.2, -0.15) is 0 Å². The van der Waals surface area contributed by atoms with E-state index >= 15 is 0 Å². The molecule has 3 unspecified atom stereocenters. The number of aliphatic carboxylic acids is 1. The lowest BCUT2D eigenvalue weighted by Crippen LogP contribution is -2.54. The molecule has 1 aromatic rings. The minimum Gasteiger partial charge on any atom is -0.508 e. The number of nitrogens with zero attached hydrogens (tertiary/aromatic N) is 1. The van der Waals surface area contributed by atoms with Crippen molar-refractivity contribution in [1.82, 2.24) is 10.6 Å². The second-order valence-corrected chi connectivity index (χ2v) is 6.56. The maximum absolute atomic E-state index is 12.5. The quantitative estimate of drug-likeness (QED) is 0.128. The minimum atomic E-state index is -1.20. The number of hydrogen-bond donors (Lipinski definition) is 7. The van der Waals surface area contributed by atoms with E-state index in [4.69, 9.17) is 22.3 Å². The number of amides is 2. The molecule has 0 bridgehead atoms. The molecule has 11 heteroatoms. The summed E-state index contributed by atoms with van der Waals surface area (Å²) < 4.78 is 0. The number of carboxylic acid groups (broad SMARTS) is 1. The first-order chi connectivity index (χ1) is 13.6. The zero-order valence-electron chi connectivity index (χ0n) is 16.2. The Kier molecular flexibility index (Phi) is 9.39. The zero-order chi connectivity index (χ0) is 22.0. The van der Waals surface area contributed by atoms with E-state index in [0.29, 0.717) is 24.9 Å². The first-order valence-electron chi connectivity index (χ1n) is 9.02. The average molecular weight is 408 g/mol. The summed E-state index contributed by atoms with van der Waals surface area (Å²) >= 11 is 0. The molecule has 0 saturated carbocycles. The Hall–Kier alpha value is -3.34. The van der Waals surface area contributed by atoms with Gasteiger partial charge in [0.2, 0.25) is 11.8 Å². The number of rotatable bonds is 11. The van der Waals surface area contributed by atoms with Crippen LogP contribution in [0.1, 0.15) is 25.3 Å². The van der Waals surface area contributed by atoms with Crippen LogP contribution in [0.2, 0.25) is 0 Å². The highest BCUT2D eigenvalue weighted by Crippen LogP contribution is 2.12. The molecule has 29 heavy (non-hydrogen) atoms. The molecule has 0 aliphatic heterocycles. The smallest absolute Gasteiger partial charge is 0.325 e. The van der Waals surface area contributed by atoms with Crippen molar-refractivity contribution in [2.24, 2.45) is 22.2 Å². The van der Waals surface area contributed by atoms with Crippen LogP contribution >= 0.6 is 0 Å². The molecule has 0 aliphatic carbocycles. The van der Waals surface area contributed by atoms with Crippen molar-refractivity contribution < 1.29 is 24.6 Å². The van der Waals surface area contributed by atoms with Gasteiger partial charge in [0.25, 0.3) is 0 Å². The van der Waals surface area contributed by atoms with E-state index in [0.717, 1.165) is 0 Å². The second-order valence-electron chi connectivity index (χ2n) is 6.56. The van der Waals surface area contributed by atoms with E-state index in [1.165, 1.54) is 19.1 Å². The number of guanidine groups is 1. The van der Waals surface area contributed by atoms with E-state index < -0.39 is 35.9 Å². The molecule has 10 N–H and O–H groups in total. The Morgan fingerprint density at radius 3 is 2.28 bits per heavy atom. The molecule has 0 aliphatic rings. The number of nitrogens with one attached hydrogen (secondary N) is 2. The molecular weight excluding hydrogens is 380 g/mol. The van der Waals surface area contributed by atoms with Crippen LogP contribution in [0, 0.1) is 0 Å². The van der Waals surface area contributed by atoms with Gasteiger partial charge in [-0.05, 0) is 37.5 Å². The molecule has 0 fully saturated rings. The van der Waals surface area contributed by atoms with Gasteiger partial charge in [-0.3, -0.25) is 19.4 Å². The van der Waals surface area contributed by atoms with Crippen molar-refractivity contribution in [2.45, 2.75) is 44.3 Å². The van der Waals surface area contributed by atoms with Crippen LogP contribution in [0.25, 0.3) is 0 Å². The Morgan fingerprint density at radius 1 is 1.10 bits per heavy atom. The van der Waals surface area contributed by atoms with Crippen LogP contribution in [-0.2, 0) is 20.8 Å². The number of hydrogen-bond acceptors (Lipinski definition) is 6. The molecule has 0 radical (unpaired) electrons. The van der Waals surface area contributed by atoms with Crippen LogP contribution in [0.15, 0.2) is 29.3 Å². The van der Waals surface area contributed by atoms with Gasteiger partial charge >= 0.3 is 5.97 Å². The minimum absolute atomic E-state index is 0.0544. The zero-order valence-corrected chi connectivity index (χ0v) is 16.2. The van der Waals surface area contributed by atoms with Crippen molar-refractivity contribution in [1.29, 1.82) is 0 Å². The highest BCUT2D eigenvalue weighted by atomic mass is 16.4. The van der Waals surface area contributed by atoms with Crippen molar-refractivity contribution in [3.63, 3.8) is 0 Å². The lowest BCUT2D eigenvalue weighted by Gasteiger charge is -2.22. The fraction of sp³-hybridized carbons (Fsp3) is 0.444. The predicted octanol–water partition coefficient (Wildman–Crippen LogP) is -1.61. The summed E-state index contributed by atoms with van der Waals surface area (Å²) in [5, 5.41) is 23.3. The molecule has 1 rings (SSSR count). The third-order valence-corrected chi connectivity index (χ3v) is 4.04. The number of aliphatic imine (C=N–C) groups is 1. The van der Waals surface area contributed by atoms with E-state index in [2.05, 4.69) is 15.6 Å². The SMILES string of the molecule is CC(NC(=O)C(Cc1ccc(O)cc1)NC(=O)C(N)CCCN=C(N)N)C(=O)O. The Labute approximate surface area is 168 Å². The molecule has 0 spiro atoms. The molecule has 3 atom stereocenters. The molecular formula is C18H28N6O5. The number of phenolic OH excluding ortho intramolecular Hbond substituents is 1. The molecule has 11 nitrogen and oxygen atoms in total. The normalized spacial score (nSPS) is 13.6. The average Bonchev–Trinajstić information content (AvgIpc) is 2.65. The summed E-state index contributed by atoms with van der Waals surface area (Å²) in [5.74, 6) is -2.42. The molecule has 0 heterocycles. The van der Waals surface area contributed by atoms with Gasteiger partial charge in [0.15, 0.2) is 5.96 Å². The fourth-order valence-electron chi connectivity index (χ4n) is 2.38. The van der Waals surface area contributed by atoms with E-state index in [-0.39, 0.29) is 18.1 Å². The van der Waals surface area contributed by atoms with Crippen LogP contribution in [0.5, 0.6) is 5.75 Å². The van der Waals surface area contributed by atoms with Gasteiger partial charge in [-0.15, -0.1) is 0 Å². The summed E-state index contributed by atoms with van der Waals surface area (Å²) in [6.45, 7) is 1.63.